The Morgan fingerprint density at radius 2 is 1.71 bits per heavy atom. The zero-order chi connectivity index (χ0) is 17.7. The van der Waals surface area contributed by atoms with E-state index in [1.807, 2.05) is 0 Å². The number of hydrogen-bond acceptors (Lipinski definition) is 3. The van der Waals surface area contributed by atoms with Gasteiger partial charge in [0.25, 0.3) is 0 Å². The molecule has 0 unspecified atom stereocenters. The summed E-state index contributed by atoms with van der Waals surface area (Å²) in [5, 5.41) is 3.15. The largest absolute Gasteiger partial charge is 0.350 e. The average molecular weight is 370 g/mol. The van der Waals surface area contributed by atoms with E-state index in [1.165, 1.54) is 36.4 Å². The quantitative estimate of drug-likeness (QED) is 0.847. The fraction of sp³-hybridized carbons (Fsp3) is 0.235. The molecule has 2 aromatic carbocycles. The molecule has 2 rings (SSSR count). The van der Waals surface area contributed by atoms with Gasteiger partial charge in [-0.05, 0) is 48.9 Å². The lowest BCUT2D eigenvalue weighted by molar-refractivity contribution is -0.121. The molecule has 0 radical (unpaired) electrons. The van der Waals surface area contributed by atoms with Crippen LogP contribution in [0.15, 0.2) is 53.4 Å². The first kappa shape index (κ1) is 18.4. The minimum atomic E-state index is -3.55. The van der Waals surface area contributed by atoms with E-state index in [9.17, 15) is 17.6 Å². The molecule has 1 amide bonds. The standard InChI is InChI=1S/C17H17ClFNO3S/c1-12(13-2-6-15(19)7-3-13)20-17(21)10-11-24(22,23)16-8-4-14(18)5-9-16/h2-9,12H,10-11H2,1H3,(H,20,21)/t12-/m0/s1. The normalized spacial score (nSPS) is 12.6. The van der Waals surface area contributed by atoms with Gasteiger partial charge in [0.15, 0.2) is 9.84 Å². The molecule has 0 bridgehead atoms. The number of carbonyl (C=O) groups excluding carboxylic acids is 1. The van der Waals surface area contributed by atoms with Crippen LogP contribution < -0.4 is 5.32 Å². The Morgan fingerprint density at radius 3 is 2.29 bits per heavy atom. The predicted octanol–water partition coefficient (Wildman–Crippen LogP) is 3.52. The van der Waals surface area contributed by atoms with Crippen LogP contribution in [-0.4, -0.2) is 20.1 Å². The molecule has 0 aromatic heterocycles. The Bertz CT molecular complexity index is 805. The number of halogens is 2. The van der Waals surface area contributed by atoms with Gasteiger partial charge >= 0.3 is 0 Å². The maximum atomic E-state index is 12.9. The zero-order valence-corrected chi connectivity index (χ0v) is 14.6. The van der Waals surface area contributed by atoms with Gasteiger partial charge in [-0.2, -0.15) is 0 Å². The van der Waals surface area contributed by atoms with E-state index < -0.39 is 9.84 Å². The second kappa shape index (κ2) is 7.77. The summed E-state index contributed by atoms with van der Waals surface area (Å²) in [6, 6.07) is 11.2. The highest BCUT2D eigenvalue weighted by Crippen LogP contribution is 2.17. The summed E-state index contributed by atoms with van der Waals surface area (Å²) in [7, 11) is -3.55. The summed E-state index contributed by atoms with van der Waals surface area (Å²) in [5.74, 6) is -1.04. The number of amides is 1. The van der Waals surface area contributed by atoms with E-state index in [2.05, 4.69) is 5.32 Å². The molecule has 1 atom stereocenters. The van der Waals surface area contributed by atoms with Crippen molar-refractivity contribution in [1.29, 1.82) is 0 Å². The van der Waals surface area contributed by atoms with Gasteiger partial charge in [-0.3, -0.25) is 4.79 Å². The van der Waals surface area contributed by atoms with Gasteiger partial charge in [-0.25, -0.2) is 12.8 Å². The van der Waals surface area contributed by atoms with Gasteiger partial charge in [0, 0.05) is 11.4 Å². The van der Waals surface area contributed by atoms with Crippen molar-refractivity contribution >= 4 is 27.3 Å². The van der Waals surface area contributed by atoms with Gasteiger partial charge in [-0.15, -0.1) is 0 Å². The van der Waals surface area contributed by atoms with Crippen molar-refractivity contribution < 1.29 is 17.6 Å². The molecular formula is C17H17ClFNO3S. The summed E-state index contributed by atoms with van der Waals surface area (Å²) in [4.78, 5) is 12.1. The summed E-state index contributed by atoms with van der Waals surface area (Å²) in [6.45, 7) is 1.75. The third kappa shape index (κ3) is 5.04. The van der Waals surface area contributed by atoms with Crippen LogP contribution in [0.3, 0.4) is 0 Å². The minimum absolute atomic E-state index is 0.131. The molecule has 0 fully saturated rings. The maximum Gasteiger partial charge on any atom is 0.221 e. The Kier molecular flexibility index (Phi) is 5.96. The maximum absolute atomic E-state index is 12.9. The highest BCUT2D eigenvalue weighted by Gasteiger charge is 2.17. The predicted molar refractivity (Wildman–Crippen MR) is 91.1 cm³/mol. The van der Waals surface area contributed by atoms with E-state index in [0.717, 1.165) is 5.56 Å². The van der Waals surface area contributed by atoms with E-state index in [1.54, 1.807) is 19.1 Å². The molecule has 2 aromatic rings. The van der Waals surface area contributed by atoms with Crippen molar-refractivity contribution in [2.24, 2.45) is 0 Å². The van der Waals surface area contributed by atoms with Crippen LogP contribution in [0, 0.1) is 5.82 Å². The molecule has 0 heterocycles. The number of benzene rings is 2. The minimum Gasteiger partial charge on any atom is -0.350 e. The van der Waals surface area contributed by atoms with Crippen molar-refractivity contribution in [3.05, 3.63) is 64.9 Å². The van der Waals surface area contributed by atoms with Crippen molar-refractivity contribution in [1.82, 2.24) is 5.32 Å². The van der Waals surface area contributed by atoms with E-state index in [-0.39, 0.29) is 34.8 Å². The fourth-order valence-corrected chi connectivity index (χ4v) is 3.50. The second-order valence-corrected chi connectivity index (χ2v) is 7.91. The van der Waals surface area contributed by atoms with Crippen LogP contribution in [0.4, 0.5) is 4.39 Å². The Morgan fingerprint density at radius 1 is 1.12 bits per heavy atom. The van der Waals surface area contributed by atoms with Gasteiger partial charge in [0.05, 0.1) is 16.7 Å². The zero-order valence-electron chi connectivity index (χ0n) is 13.0. The third-order valence-corrected chi connectivity index (χ3v) is 5.50. The number of nitrogens with one attached hydrogen (secondary N) is 1. The lowest BCUT2D eigenvalue weighted by Gasteiger charge is -2.14. The van der Waals surface area contributed by atoms with E-state index >= 15 is 0 Å². The highest BCUT2D eigenvalue weighted by molar-refractivity contribution is 7.91. The van der Waals surface area contributed by atoms with Gasteiger partial charge < -0.3 is 5.32 Å². The van der Waals surface area contributed by atoms with Crippen molar-refractivity contribution in [3.8, 4) is 0 Å². The molecule has 24 heavy (non-hydrogen) atoms. The third-order valence-electron chi connectivity index (χ3n) is 3.52. The number of sulfone groups is 1. The molecule has 0 aliphatic heterocycles. The van der Waals surface area contributed by atoms with Gasteiger partial charge in [0.2, 0.25) is 5.91 Å². The fourth-order valence-electron chi connectivity index (χ4n) is 2.14. The van der Waals surface area contributed by atoms with Crippen LogP contribution in [0.25, 0.3) is 0 Å². The van der Waals surface area contributed by atoms with Crippen LogP contribution >= 0.6 is 11.6 Å². The van der Waals surface area contributed by atoms with E-state index in [4.69, 9.17) is 11.6 Å². The first-order chi connectivity index (χ1) is 11.3. The Labute approximate surface area is 145 Å². The number of rotatable bonds is 6. The highest BCUT2D eigenvalue weighted by atomic mass is 35.5. The molecule has 0 aliphatic carbocycles. The molecular weight excluding hydrogens is 353 g/mol. The van der Waals surface area contributed by atoms with Crippen molar-refractivity contribution in [3.63, 3.8) is 0 Å². The van der Waals surface area contributed by atoms with Gasteiger partial charge in [0.1, 0.15) is 5.82 Å². The molecule has 1 N–H and O–H groups in total. The van der Waals surface area contributed by atoms with E-state index in [0.29, 0.717) is 5.02 Å². The topological polar surface area (TPSA) is 63.2 Å². The molecule has 0 spiro atoms. The molecule has 128 valence electrons. The molecule has 0 aliphatic rings. The number of hydrogen-bond donors (Lipinski definition) is 1. The second-order valence-electron chi connectivity index (χ2n) is 5.36. The van der Waals surface area contributed by atoms with Crippen molar-refractivity contribution in [2.75, 3.05) is 5.75 Å². The molecule has 7 heteroatoms. The first-order valence-corrected chi connectivity index (χ1v) is 9.34. The molecule has 4 nitrogen and oxygen atoms in total. The van der Waals surface area contributed by atoms with Crippen LogP contribution in [0.2, 0.25) is 5.02 Å². The SMILES string of the molecule is C[C@H](NC(=O)CCS(=O)(=O)c1ccc(Cl)cc1)c1ccc(F)cc1. The lowest BCUT2D eigenvalue weighted by atomic mass is 10.1. The summed E-state index contributed by atoms with van der Waals surface area (Å²) in [6.07, 6.45) is -0.156. The van der Waals surface area contributed by atoms with Crippen molar-refractivity contribution in [2.45, 2.75) is 24.3 Å². The Balaban J connectivity index is 1.92. The summed E-state index contributed by atoms with van der Waals surface area (Å²) >= 11 is 5.73. The lowest BCUT2D eigenvalue weighted by Crippen LogP contribution is -2.28. The summed E-state index contributed by atoms with van der Waals surface area (Å²) < 4.78 is 37.2. The van der Waals surface area contributed by atoms with Crippen LogP contribution in [0.1, 0.15) is 24.9 Å². The molecule has 0 saturated heterocycles. The van der Waals surface area contributed by atoms with Gasteiger partial charge in [-0.1, -0.05) is 23.7 Å². The smallest absolute Gasteiger partial charge is 0.221 e. The summed E-state index contributed by atoms with van der Waals surface area (Å²) in [5.41, 5.74) is 0.741. The van der Waals surface area contributed by atoms with Crippen LogP contribution in [-0.2, 0) is 14.6 Å². The van der Waals surface area contributed by atoms with Crippen LogP contribution in [0.5, 0.6) is 0 Å². The first-order valence-electron chi connectivity index (χ1n) is 7.31. The number of carbonyl (C=O) groups is 1. The monoisotopic (exact) mass is 369 g/mol. The Hall–Kier alpha value is -1.92. The average Bonchev–Trinajstić information content (AvgIpc) is 2.54. The molecule has 0 saturated carbocycles.